The van der Waals surface area contributed by atoms with Gasteiger partial charge >= 0.3 is 12.1 Å². The van der Waals surface area contributed by atoms with E-state index < -0.39 is 23.3 Å². The summed E-state index contributed by atoms with van der Waals surface area (Å²) in [5.74, 6) is 0.694. The van der Waals surface area contributed by atoms with Crippen LogP contribution in [0.4, 0.5) is 30.2 Å². The van der Waals surface area contributed by atoms with Crippen LogP contribution < -0.4 is 15.0 Å². The highest BCUT2D eigenvalue weighted by Crippen LogP contribution is 2.57. The summed E-state index contributed by atoms with van der Waals surface area (Å²) in [5.41, 5.74) is 2.65. The summed E-state index contributed by atoms with van der Waals surface area (Å²) >= 11 is 0. The van der Waals surface area contributed by atoms with Crippen LogP contribution in [0.15, 0.2) is 84.9 Å². The van der Waals surface area contributed by atoms with Gasteiger partial charge in [0.25, 0.3) is 0 Å². The maximum Gasteiger partial charge on any atom is 0.416 e. The van der Waals surface area contributed by atoms with E-state index in [4.69, 9.17) is 9.47 Å². The van der Waals surface area contributed by atoms with Crippen molar-refractivity contribution in [2.75, 3.05) is 23.3 Å². The maximum absolute atomic E-state index is 13.1. The van der Waals surface area contributed by atoms with Crippen molar-refractivity contribution in [3.63, 3.8) is 0 Å². The van der Waals surface area contributed by atoms with Crippen molar-refractivity contribution in [3.8, 4) is 11.5 Å². The number of halogens is 3. The molecule has 2 aliphatic rings. The number of esters is 1. The molecule has 1 atom stereocenters. The monoisotopic (exact) mass is 530 g/mol. The molecular formula is C31H25F3N2O3. The van der Waals surface area contributed by atoms with E-state index in [1.165, 1.54) is 12.1 Å². The largest absolute Gasteiger partial charge is 0.456 e. The fourth-order valence-corrected chi connectivity index (χ4v) is 5.43. The lowest BCUT2D eigenvalue weighted by Crippen LogP contribution is -2.33. The summed E-state index contributed by atoms with van der Waals surface area (Å²) in [7, 11) is 0. The minimum Gasteiger partial charge on any atom is -0.456 e. The number of ether oxygens (including phenoxy) is 2. The fourth-order valence-electron chi connectivity index (χ4n) is 5.43. The number of rotatable bonds is 5. The van der Waals surface area contributed by atoms with Gasteiger partial charge in [0.15, 0.2) is 5.60 Å². The number of fused-ring (bicyclic) bond motifs is 6. The van der Waals surface area contributed by atoms with Gasteiger partial charge in [0.2, 0.25) is 0 Å². The maximum atomic E-state index is 13.1. The third-order valence-electron chi connectivity index (χ3n) is 7.32. The van der Waals surface area contributed by atoms with Gasteiger partial charge in [0, 0.05) is 52.9 Å². The Morgan fingerprint density at radius 2 is 1.51 bits per heavy atom. The highest BCUT2D eigenvalue weighted by atomic mass is 19.4. The van der Waals surface area contributed by atoms with Gasteiger partial charge in [-0.15, -0.1) is 0 Å². The van der Waals surface area contributed by atoms with Gasteiger partial charge in [-0.1, -0.05) is 18.2 Å². The molecule has 0 bridgehead atoms. The number of hydrogen-bond acceptors (Lipinski definition) is 5. The summed E-state index contributed by atoms with van der Waals surface area (Å²) < 4.78 is 51.7. The van der Waals surface area contributed by atoms with E-state index in [9.17, 15) is 18.0 Å². The van der Waals surface area contributed by atoms with Gasteiger partial charge in [0.1, 0.15) is 11.5 Å². The molecule has 1 unspecified atom stereocenters. The van der Waals surface area contributed by atoms with E-state index in [1.54, 1.807) is 24.3 Å². The smallest absolute Gasteiger partial charge is 0.416 e. The summed E-state index contributed by atoms with van der Waals surface area (Å²) in [5, 5.41) is 3.17. The predicted octanol–water partition coefficient (Wildman–Crippen LogP) is 7.86. The van der Waals surface area contributed by atoms with Gasteiger partial charge in [-0.3, -0.25) is 0 Å². The molecule has 0 saturated carbocycles. The number of benzene rings is 4. The highest BCUT2D eigenvalue weighted by molar-refractivity contribution is 5.97. The van der Waals surface area contributed by atoms with Crippen molar-refractivity contribution < 1.29 is 27.4 Å². The first-order valence-electron chi connectivity index (χ1n) is 12.7. The summed E-state index contributed by atoms with van der Waals surface area (Å²) in [4.78, 5) is 15.3. The van der Waals surface area contributed by atoms with Crippen LogP contribution in [0.3, 0.4) is 0 Å². The van der Waals surface area contributed by atoms with Crippen molar-refractivity contribution in [2.24, 2.45) is 0 Å². The van der Waals surface area contributed by atoms with Crippen LogP contribution in [0, 0.1) is 0 Å². The first-order valence-corrected chi connectivity index (χ1v) is 12.7. The predicted molar refractivity (Wildman–Crippen MR) is 143 cm³/mol. The Morgan fingerprint density at radius 3 is 2.23 bits per heavy atom. The Labute approximate surface area is 223 Å². The van der Waals surface area contributed by atoms with Crippen molar-refractivity contribution >= 4 is 23.0 Å². The van der Waals surface area contributed by atoms with Crippen molar-refractivity contribution in [1.82, 2.24) is 0 Å². The molecule has 6 rings (SSSR count). The van der Waals surface area contributed by atoms with Gasteiger partial charge in [0.05, 0.1) is 11.1 Å². The van der Waals surface area contributed by atoms with E-state index >= 15 is 0 Å². The Balaban J connectivity index is 1.48. The van der Waals surface area contributed by atoms with Crippen molar-refractivity contribution in [1.29, 1.82) is 0 Å². The molecule has 0 amide bonds. The number of alkyl halides is 3. The standard InChI is InChI=1S/C31H25F3N2O3/c1-3-36(4-2)22-14-15-25-28(18-22)38-27-16-13-21(35-20-11-9-19(10-12-20)31(32,33)34)17-26(27)30(25)24-8-6-5-7-23(24)29(37)39-30/h5-18,35H,3-4H2,1-2H3. The molecular weight excluding hydrogens is 505 g/mol. The van der Waals surface area contributed by atoms with Crippen molar-refractivity contribution in [2.45, 2.75) is 25.6 Å². The Hall–Kier alpha value is -4.46. The Bertz CT molecular complexity index is 1580. The van der Waals surface area contributed by atoms with Crippen LogP contribution in [0.1, 0.15) is 46.5 Å². The molecule has 198 valence electrons. The lowest BCUT2D eigenvalue weighted by atomic mass is 9.77. The zero-order chi connectivity index (χ0) is 27.4. The summed E-state index contributed by atoms with van der Waals surface area (Å²) in [6.07, 6.45) is -4.41. The van der Waals surface area contributed by atoms with E-state index in [2.05, 4.69) is 24.1 Å². The van der Waals surface area contributed by atoms with Crippen LogP contribution in [0.2, 0.25) is 0 Å². The second-order valence-corrected chi connectivity index (χ2v) is 9.48. The van der Waals surface area contributed by atoms with E-state index in [1.807, 2.05) is 36.4 Å². The van der Waals surface area contributed by atoms with E-state index in [-0.39, 0.29) is 0 Å². The SMILES string of the molecule is CCN(CC)c1ccc2c(c1)Oc1ccc(Nc3ccc(C(F)(F)F)cc3)cc1C21OC(=O)c2ccccc21. The third kappa shape index (κ3) is 3.98. The molecule has 5 nitrogen and oxygen atoms in total. The molecule has 1 spiro atoms. The molecule has 4 aromatic rings. The summed E-state index contributed by atoms with van der Waals surface area (Å²) in [6, 6.07) is 23.4. The van der Waals surface area contributed by atoms with Crippen LogP contribution >= 0.6 is 0 Å². The minimum atomic E-state index is -4.41. The third-order valence-corrected chi connectivity index (χ3v) is 7.32. The zero-order valence-electron chi connectivity index (χ0n) is 21.3. The van der Waals surface area contributed by atoms with Gasteiger partial charge in [-0.25, -0.2) is 4.79 Å². The second-order valence-electron chi connectivity index (χ2n) is 9.48. The Kier molecular flexibility index (Phi) is 5.79. The van der Waals surface area contributed by atoms with E-state index in [0.29, 0.717) is 45.1 Å². The lowest BCUT2D eigenvalue weighted by molar-refractivity contribution is -0.137. The lowest BCUT2D eigenvalue weighted by Gasteiger charge is -2.37. The van der Waals surface area contributed by atoms with E-state index in [0.717, 1.165) is 30.9 Å². The molecule has 0 saturated heterocycles. The number of carbonyl (C=O) groups is 1. The molecule has 2 aliphatic heterocycles. The van der Waals surface area contributed by atoms with Crippen LogP contribution in [0.5, 0.6) is 11.5 Å². The Morgan fingerprint density at radius 1 is 0.795 bits per heavy atom. The molecule has 2 heterocycles. The zero-order valence-corrected chi connectivity index (χ0v) is 21.3. The van der Waals surface area contributed by atoms with Crippen LogP contribution in [0.25, 0.3) is 0 Å². The molecule has 8 heteroatoms. The van der Waals surface area contributed by atoms with Crippen LogP contribution in [-0.4, -0.2) is 19.1 Å². The number of nitrogens with zero attached hydrogens (tertiary/aromatic N) is 1. The highest BCUT2D eigenvalue weighted by Gasteiger charge is 2.53. The normalized spacial score (nSPS) is 17.1. The minimum absolute atomic E-state index is 0.432. The first-order chi connectivity index (χ1) is 18.7. The summed E-state index contributed by atoms with van der Waals surface area (Å²) in [6.45, 7) is 5.82. The molecule has 0 aliphatic carbocycles. The first kappa shape index (κ1) is 24.9. The molecule has 0 radical (unpaired) electrons. The average Bonchev–Trinajstić information content (AvgIpc) is 3.22. The number of anilines is 3. The molecule has 0 aromatic heterocycles. The number of hydrogen-bond donors (Lipinski definition) is 1. The topological polar surface area (TPSA) is 50.8 Å². The van der Waals surface area contributed by atoms with Crippen LogP contribution in [-0.2, 0) is 16.5 Å². The van der Waals surface area contributed by atoms with Gasteiger partial charge in [-0.2, -0.15) is 13.2 Å². The second kappa shape index (κ2) is 9.08. The molecule has 1 N–H and O–H groups in total. The fraction of sp³-hybridized carbons (Fsp3) is 0.194. The molecule has 4 aromatic carbocycles. The number of carbonyl (C=O) groups excluding carboxylic acids is 1. The quantitative estimate of drug-likeness (QED) is 0.266. The average molecular weight is 531 g/mol. The number of nitrogens with one attached hydrogen (secondary N) is 1. The molecule has 0 fully saturated rings. The van der Waals surface area contributed by atoms with Crippen molar-refractivity contribution in [3.05, 3.63) is 113 Å². The van der Waals surface area contributed by atoms with Gasteiger partial charge < -0.3 is 19.7 Å². The van der Waals surface area contributed by atoms with Gasteiger partial charge in [-0.05, 0) is 74.5 Å². The molecule has 39 heavy (non-hydrogen) atoms.